The molecular weight excluding hydrogens is 437 g/mol. The number of carboxylic acids is 1. The van der Waals surface area contributed by atoms with Gasteiger partial charge in [0.1, 0.15) is 5.82 Å². The van der Waals surface area contributed by atoms with Gasteiger partial charge in [-0.05, 0) is 60.9 Å². The first-order valence-electron chi connectivity index (χ1n) is 10.6. The summed E-state index contributed by atoms with van der Waals surface area (Å²) in [5.74, 6) is -3.34. The minimum Gasteiger partial charge on any atom is -0.478 e. The Bertz CT molecular complexity index is 1330. The number of carbonyl (C=O) groups excluding carboxylic acids is 2. The summed E-state index contributed by atoms with van der Waals surface area (Å²) in [7, 11) is 0. The quantitative estimate of drug-likeness (QED) is 0.597. The van der Waals surface area contributed by atoms with Crippen molar-refractivity contribution in [3.05, 3.63) is 94.6 Å². The van der Waals surface area contributed by atoms with E-state index in [0.29, 0.717) is 28.1 Å². The van der Waals surface area contributed by atoms with Crippen molar-refractivity contribution in [2.45, 2.75) is 26.2 Å². The number of anilines is 1. The fourth-order valence-electron chi connectivity index (χ4n) is 4.07. The fraction of sp³-hybridized carbons (Fsp3) is 0.154. The van der Waals surface area contributed by atoms with Crippen LogP contribution in [0.4, 0.5) is 10.1 Å². The molecule has 7 nitrogen and oxygen atoms in total. The van der Waals surface area contributed by atoms with Crippen LogP contribution < -0.4 is 10.6 Å². The molecule has 172 valence electrons. The number of nitrogens with two attached hydrogens (primary N) is 1. The minimum atomic E-state index is -1.19. The highest BCUT2D eigenvalue weighted by molar-refractivity contribution is 6.06. The van der Waals surface area contributed by atoms with Gasteiger partial charge in [0, 0.05) is 35.9 Å². The maximum Gasteiger partial charge on any atom is 0.333 e. The van der Waals surface area contributed by atoms with E-state index in [1.165, 1.54) is 35.4 Å². The number of aliphatic carboxylic acids is 1. The maximum absolute atomic E-state index is 13.4. The van der Waals surface area contributed by atoms with E-state index in [2.05, 4.69) is 4.98 Å². The second kappa shape index (κ2) is 8.90. The number of aromatic nitrogens is 1. The van der Waals surface area contributed by atoms with Crippen molar-refractivity contribution < 1.29 is 23.9 Å². The largest absolute Gasteiger partial charge is 0.478 e. The predicted octanol–water partition coefficient (Wildman–Crippen LogP) is 4.09. The Kier molecular flexibility index (Phi) is 5.98. The normalized spacial score (nSPS) is 15.7. The lowest BCUT2D eigenvalue weighted by Gasteiger charge is -2.31. The third kappa shape index (κ3) is 4.30. The smallest absolute Gasteiger partial charge is 0.333 e. The Morgan fingerprint density at radius 1 is 1.12 bits per heavy atom. The van der Waals surface area contributed by atoms with E-state index in [9.17, 15) is 23.9 Å². The zero-order chi connectivity index (χ0) is 24.6. The van der Waals surface area contributed by atoms with E-state index >= 15 is 0 Å². The van der Waals surface area contributed by atoms with Crippen molar-refractivity contribution in [1.29, 1.82) is 0 Å². The molecule has 2 aromatic carbocycles. The van der Waals surface area contributed by atoms with Gasteiger partial charge < -0.3 is 10.8 Å². The molecule has 0 saturated heterocycles. The number of hydrogen-bond donors (Lipinski definition) is 2. The number of rotatable bonds is 5. The Hall–Kier alpha value is -4.33. The molecule has 2 heterocycles. The lowest BCUT2D eigenvalue weighted by atomic mass is 9.85. The molecule has 1 atom stereocenters. The number of carbonyl (C=O) groups is 3. The summed E-state index contributed by atoms with van der Waals surface area (Å²) in [4.78, 5) is 43.1. The predicted molar refractivity (Wildman–Crippen MR) is 125 cm³/mol. The van der Waals surface area contributed by atoms with Crippen LogP contribution >= 0.6 is 0 Å². The van der Waals surface area contributed by atoms with Gasteiger partial charge in [-0.2, -0.15) is 0 Å². The van der Waals surface area contributed by atoms with Gasteiger partial charge in [-0.25, -0.2) is 9.18 Å². The Balaban J connectivity index is 1.89. The second-order valence-electron chi connectivity index (χ2n) is 8.23. The number of primary amides is 1. The highest BCUT2D eigenvalue weighted by Crippen LogP contribution is 2.39. The first-order chi connectivity index (χ1) is 16.2. The minimum absolute atomic E-state index is 0.00865. The number of hydrogen-bond acceptors (Lipinski definition) is 4. The molecule has 0 spiro atoms. The Morgan fingerprint density at radius 3 is 2.41 bits per heavy atom. The van der Waals surface area contributed by atoms with Crippen LogP contribution in [0.15, 0.2) is 66.5 Å². The number of carboxylic acid groups (broad SMARTS) is 1. The third-order valence-corrected chi connectivity index (χ3v) is 5.87. The molecule has 3 N–H and O–H groups in total. The van der Waals surface area contributed by atoms with Crippen LogP contribution in [0.5, 0.6) is 0 Å². The van der Waals surface area contributed by atoms with E-state index in [1.807, 2.05) is 13.0 Å². The molecule has 4 rings (SSSR count). The Labute approximate surface area is 195 Å². The van der Waals surface area contributed by atoms with E-state index in [1.54, 1.807) is 31.3 Å². The van der Waals surface area contributed by atoms with Crippen LogP contribution in [0, 0.1) is 19.7 Å². The number of pyridine rings is 1. The van der Waals surface area contributed by atoms with Crippen LogP contribution in [0.1, 0.15) is 39.4 Å². The van der Waals surface area contributed by atoms with Crippen LogP contribution in [-0.2, 0) is 9.59 Å². The van der Waals surface area contributed by atoms with E-state index in [-0.39, 0.29) is 23.5 Å². The second-order valence-corrected chi connectivity index (χ2v) is 8.23. The van der Waals surface area contributed by atoms with Crippen LogP contribution in [0.3, 0.4) is 0 Å². The van der Waals surface area contributed by atoms with Crippen molar-refractivity contribution >= 4 is 23.5 Å². The van der Waals surface area contributed by atoms with Crippen molar-refractivity contribution in [1.82, 2.24) is 4.98 Å². The summed E-state index contributed by atoms with van der Waals surface area (Å²) in [6.45, 7) is 3.57. The fourth-order valence-corrected chi connectivity index (χ4v) is 4.07. The van der Waals surface area contributed by atoms with Crippen molar-refractivity contribution in [2.24, 2.45) is 5.73 Å². The average Bonchev–Trinajstić information content (AvgIpc) is 2.79. The van der Waals surface area contributed by atoms with Gasteiger partial charge in [0.05, 0.1) is 17.0 Å². The van der Waals surface area contributed by atoms with Crippen molar-refractivity contribution in [3.8, 4) is 11.3 Å². The van der Waals surface area contributed by atoms with Gasteiger partial charge in [-0.1, -0.05) is 18.2 Å². The average molecular weight is 459 g/mol. The molecule has 3 aromatic rings. The SMILES string of the molecule is Cc1ccc(-c2cc(C(N)=O)c(C)cc2N2C=C(C(=O)O)[C@H](c3ccc(F)cc3)CC2=O)nc1. The van der Waals surface area contributed by atoms with E-state index < -0.39 is 23.6 Å². The number of benzene rings is 2. The zero-order valence-corrected chi connectivity index (χ0v) is 18.6. The van der Waals surface area contributed by atoms with E-state index in [4.69, 9.17) is 5.73 Å². The molecular formula is C26H22FN3O4. The summed E-state index contributed by atoms with van der Waals surface area (Å²) in [5, 5.41) is 9.91. The van der Waals surface area contributed by atoms with Gasteiger partial charge >= 0.3 is 5.97 Å². The molecule has 1 aliphatic rings. The number of nitrogens with zero attached hydrogens (tertiary/aromatic N) is 2. The summed E-state index contributed by atoms with van der Waals surface area (Å²) >= 11 is 0. The lowest BCUT2D eigenvalue weighted by molar-refractivity contribution is -0.133. The van der Waals surface area contributed by atoms with Gasteiger partial charge in [0.15, 0.2) is 0 Å². The highest BCUT2D eigenvalue weighted by Gasteiger charge is 2.34. The Morgan fingerprint density at radius 2 is 1.82 bits per heavy atom. The van der Waals surface area contributed by atoms with Gasteiger partial charge in [0.2, 0.25) is 11.8 Å². The number of aryl methyl sites for hydroxylation is 2. The summed E-state index contributed by atoms with van der Waals surface area (Å²) in [5.41, 5.74) is 9.16. The first kappa shape index (κ1) is 22.8. The highest BCUT2D eigenvalue weighted by atomic mass is 19.1. The van der Waals surface area contributed by atoms with Gasteiger partial charge in [-0.3, -0.25) is 19.5 Å². The molecule has 0 unspecified atom stereocenters. The summed E-state index contributed by atoms with van der Waals surface area (Å²) < 4.78 is 13.4. The number of halogens is 1. The number of amides is 2. The summed E-state index contributed by atoms with van der Waals surface area (Å²) in [6, 6.07) is 12.2. The molecule has 8 heteroatoms. The van der Waals surface area contributed by atoms with Crippen LogP contribution in [-0.4, -0.2) is 27.9 Å². The molecule has 0 saturated carbocycles. The molecule has 1 aromatic heterocycles. The van der Waals surface area contributed by atoms with Crippen LogP contribution in [0.25, 0.3) is 11.3 Å². The summed E-state index contributed by atoms with van der Waals surface area (Å²) in [6.07, 6.45) is 2.82. The zero-order valence-electron chi connectivity index (χ0n) is 18.6. The molecule has 0 fully saturated rings. The van der Waals surface area contributed by atoms with Crippen LogP contribution in [0.2, 0.25) is 0 Å². The van der Waals surface area contributed by atoms with E-state index in [0.717, 1.165) is 5.56 Å². The molecule has 0 aliphatic carbocycles. The van der Waals surface area contributed by atoms with Gasteiger partial charge in [0.25, 0.3) is 0 Å². The first-order valence-corrected chi connectivity index (χ1v) is 10.6. The standard InChI is InChI=1S/C26H22FN3O4/c1-14-3-8-22(29-12-14)20-10-18(25(28)32)15(2)9-23(20)30-13-21(26(33)34)19(11-24(30)31)16-4-6-17(27)7-5-16/h3-10,12-13,19H,11H2,1-2H3,(H2,28,32)(H,33,34)/t19-/m0/s1. The van der Waals surface area contributed by atoms with Crippen molar-refractivity contribution in [3.63, 3.8) is 0 Å². The topological polar surface area (TPSA) is 114 Å². The monoisotopic (exact) mass is 459 g/mol. The molecule has 0 bridgehead atoms. The molecule has 34 heavy (non-hydrogen) atoms. The molecule has 0 radical (unpaired) electrons. The molecule has 1 aliphatic heterocycles. The molecule has 2 amide bonds. The maximum atomic E-state index is 13.4. The lowest BCUT2D eigenvalue weighted by Crippen LogP contribution is -2.35. The van der Waals surface area contributed by atoms with Gasteiger partial charge in [-0.15, -0.1) is 0 Å². The third-order valence-electron chi connectivity index (χ3n) is 5.87. The van der Waals surface area contributed by atoms with Crippen molar-refractivity contribution in [2.75, 3.05) is 4.90 Å².